The molecule has 0 bridgehead atoms. The predicted molar refractivity (Wildman–Crippen MR) is 106 cm³/mol. The van der Waals surface area contributed by atoms with Crippen molar-refractivity contribution in [3.8, 4) is 11.5 Å². The van der Waals surface area contributed by atoms with Crippen LogP contribution in [-0.2, 0) is 9.09 Å². The van der Waals surface area contributed by atoms with E-state index in [0.29, 0.717) is 29.5 Å². The number of benzene rings is 3. The van der Waals surface area contributed by atoms with Gasteiger partial charge in [-0.25, -0.2) is 4.98 Å². The number of nitrogens with zero attached hydrogens (tertiary/aromatic N) is 1. The number of hydrogen-bond donors (Lipinski definition) is 0. The monoisotopic (exact) mass is 365 g/mol. The summed E-state index contributed by atoms with van der Waals surface area (Å²) >= 11 is 0. The van der Waals surface area contributed by atoms with Crippen LogP contribution in [0.15, 0.2) is 65.1 Å². The van der Waals surface area contributed by atoms with E-state index in [9.17, 15) is 4.57 Å². The van der Waals surface area contributed by atoms with Crippen LogP contribution in [-0.4, -0.2) is 17.8 Å². The topological polar surface area (TPSA) is 52.3 Å². The van der Waals surface area contributed by atoms with E-state index in [2.05, 4.69) is 29.2 Å². The van der Waals surface area contributed by atoms with Gasteiger partial charge >= 0.3 is 0 Å². The fourth-order valence-corrected chi connectivity index (χ4v) is 4.86. The van der Waals surface area contributed by atoms with Gasteiger partial charge < -0.3 is 8.94 Å². The molecular formula is C21H20NO3P. The molecule has 26 heavy (non-hydrogen) atoms. The van der Waals surface area contributed by atoms with Gasteiger partial charge in [-0.05, 0) is 48.0 Å². The first-order valence-electron chi connectivity index (χ1n) is 8.77. The van der Waals surface area contributed by atoms with Crippen LogP contribution in [0, 0.1) is 0 Å². The van der Waals surface area contributed by atoms with Crippen molar-refractivity contribution in [2.24, 2.45) is 0 Å². The summed E-state index contributed by atoms with van der Waals surface area (Å²) in [5.41, 5.74) is 2.29. The van der Waals surface area contributed by atoms with Gasteiger partial charge in [0.2, 0.25) is 13.3 Å². The lowest BCUT2D eigenvalue weighted by molar-refractivity contribution is 0.341. The minimum atomic E-state index is -2.84. The van der Waals surface area contributed by atoms with E-state index in [4.69, 9.17) is 8.94 Å². The van der Waals surface area contributed by atoms with E-state index in [-0.39, 0.29) is 0 Å². The highest BCUT2D eigenvalue weighted by Gasteiger charge is 2.24. The first-order valence-corrected chi connectivity index (χ1v) is 10.6. The van der Waals surface area contributed by atoms with Gasteiger partial charge in [0.25, 0.3) is 0 Å². The minimum Gasteiger partial charge on any atom is -0.436 e. The van der Waals surface area contributed by atoms with Gasteiger partial charge in [0.05, 0.1) is 6.61 Å². The lowest BCUT2D eigenvalue weighted by atomic mass is 10.1. The SMILES string of the molecule is CCOP(=O)(CC)c1ccc2nc(-c3ccc4ccccc4c3)oc2c1. The molecule has 4 nitrogen and oxygen atoms in total. The quantitative estimate of drug-likeness (QED) is 0.432. The van der Waals surface area contributed by atoms with Gasteiger partial charge in [-0.2, -0.15) is 0 Å². The fourth-order valence-electron chi connectivity index (χ4n) is 3.13. The molecule has 5 heteroatoms. The summed E-state index contributed by atoms with van der Waals surface area (Å²) in [7, 11) is -2.84. The Balaban J connectivity index is 1.78. The number of rotatable bonds is 5. The number of oxazole rings is 1. The van der Waals surface area contributed by atoms with Crippen LogP contribution >= 0.6 is 7.37 Å². The van der Waals surface area contributed by atoms with E-state index in [1.54, 1.807) is 6.07 Å². The highest BCUT2D eigenvalue weighted by atomic mass is 31.2. The number of hydrogen-bond acceptors (Lipinski definition) is 4. The maximum Gasteiger partial charge on any atom is 0.231 e. The van der Waals surface area contributed by atoms with Gasteiger partial charge in [0.15, 0.2) is 5.58 Å². The molecule has 1 atom stereocenters. The largest absolute Gasteiger partial charge is 0.436 e. The summed E-state index contributed by atoms with van der Waals surface area (Å²) < 4.78 is 24.5. The molecule has 4 rings (SSSR count). The van der Waals surface area contributed by atoms with Crippen molar-refractivity contribution in [1.29, 1.82) is 0 Å². The van der Waals surface area contributed by atoms with Crippen molar-refractivity contribution in [3.05, 3.63) is 60.7 Å². The molecule has 0 aliphatic heterocycles. The smallest absolute Gasteiger partial charge is 0.231 e. The van der Waals surface area contributed by atoms with Crippen LogP contribution in [0.1, 0.15) is 13.8 Å². The third-order valence-electron chi connectivity index (χ3n) is 4.52. The van der Waals surface area contributed by atoms with Crippen molar-refractivity contribution in [2.75, 3.05) is 12.8 Å². The summed E-state index contributed by atoms with van der Waals surface area (Å²) in [6.07, 6.45) is 0.456. The van der Waals surface area contributed by atoms with Crippen LogP contribution < -0.4 is 5.30 Å². The van der Waals surface area contributed by atoms with Crippen LogP contribution in [0.5, 0.6) is 0 Å². The van der Waals surface area contributed by atoms with Gasteiger partial charge in [0.1, 0.15) is 5.52 Å². The molecule has 4 aromatic rings. The van der Waals surface area contributed by atoms with Crippen molar-refractivity contribution in [1.82, 2.24) is 4.98 Å². The summed E-state index contributed by atoms with van der Waals surface area (Å²) in [5.74, 6) is 0.561. The maximum atomic E-state index is 13.0. The Labute approximate surface area is 152 Å². The molecule has 0 aliphatic carbocycles. The summed E-state index contributed by atoms with van der Waals surface area (Å²) in [6.45, 7) is 4.15. The molecule has 1 aromatic heterocycles. The van der Waals surface area contributed by atoms with Crippen molar-refractivity contribution in [3.63, 3.8) is 0 Å². The van der Waals surface area contributed by atoms with Crippen molar-refractivity contribution in [2.45, 2.75) is 13.8 Å². The Morgan fingerprint density at radius 2 is 1.81 bits per heavy atom. The lowest BCUT2D eigenvalue weighted by Crippen LogP contribution is -2.09. The van der Waals surface area contributed by atoms with Crippen molar-refractivity contribution < 1.29 is 13.5 Å². The minimum absolute atomic E-state index is 0.419. The first-order chi connectivity index (χ1) is 12.6. The number of aromatic nitrogens is 1. The van der Waals surface area contributed by atoms with Gasteiger partial charge in [-0.1, -0.05) is 37.3 Å². The second kappa shape index (κ2) is 6.71. The molecule has 0 fully saturated rings. The van der Waals surface area contributed by atoms with Gasteiger partial charge in [-0.3, -0.25) is 4.57 Å². The van der Waals surface area contributed by atoms with E-state index >= 15 is 0 Å². The van der Waals surface area contributed by atoms with E-state index < -0.39 is 7.37 Å². The van der Waals surface area contributed by atoms with E-state index in [1.165, 1.54) is 5.39 Å². The van der Waals surface area contributed by atoms with Gasteiger partial charge in [-0.15, -0.1) is 0 Å². The predicted octanol–water partition coefficient (Wildman–Crippen LogP) is 5.61. The molecule has 1 heterocycles. The normalized spacial score (nSPS) is 13.9. The molecular weight excluding hydrogens is 345 g/mol. The molecule has 0 radical (unpaired) electrons. The molecule has 0 saturated heterocycles. The Kier molecular flexibility index (Phi) is 4.39. The molecule has 132 valence electrons. The molecule has 0 saturated carbocycles. The van der Waals surface area contributed by atoms with Crippen LogP contribution in [0.4, 0.5) is 0 Å². The second-order valence-corrected chi connectivity index (χ2v) is 8.89. The fraction of sp³-hybridized carbons (Fsp3) is 0.190. The van der Waals surface area contributed by atoms with Crippen LogP contribution in [0.2, 0.25) is 0 Å². The zero-order chi connectivity index (χ0) is 18.1. The molecule has 0 N–H and O–H groups in total. The Hall–Kier alpha value is -2.42. The van der Waals surface area contributed by atoms with Crippen LogP contribution in [0.25, 0.3) is 33.3 Å². The highest BCUT2D eigenvalue weighted by molar-refractivity contribution is 7.66. The van der Waals surface area contributed by atoms with E-state index in [0.717, 1.165) is 16.5 Å². The number of fused-ring (bicyclic) bond motifs is 2. The summed E-state index contributed by atoms with van der Waals surface area (Å²) in [4.78, 5) is 4.59. The zero-order valence-electron chi connectivity index (χ0n) is 14.8. The lowest BCUT2D eigenvalue weighted by Gasteiger charge is -2.15. The highest BCUT2D eigenvalue weighted by Crippen LogP contribution is 2.45. The Morgan fingerprint density at radius 1 is 1.00 bits per heavy atom. The van der Waals surface area contributed by atoms with E-state index in [1.807, 2.05) is 44.2 Å². The standard InChI is InChI=1S/C21H20NO3P/c1-3-24-26(23,4-2)18-11-12-19-20(14-18)25-21(22-19)17-10-9-15-7-5-6-8-16(15)13-17/h5-14H,3-4H2,1-2H3. The van der Waals surface area contributed by atoms with Gasteiger partial charge in [0, 0.05) is 17.0 Å². The molecule has 0 spiro atoms. The first kappa shape index (κ1) is 17.0. The second-order valence-electron chi connectivity index (χ2n) is 6.14. The molecule has 1 unspecified atom stereocenters. The third kappa shape index (κ3) is 2.96. The molecule has 3 aromatic carbocycles. The molecule has 0 aliphatic rings. The Morgan fingerprint density at radius 3 is 2.58 bits per heavy atom. The molecule has 0 amide bonds. The third-order valence-corrected chi connectivity index (χ3v) is 7.09. The Bertz CT molecular complexity index is 1130. The summed E-state index contributed by atoms with van der Waals surface area (Å²) in [6, 6.07) is 19.8. The van der Waals surface area contributed by atoms with Crippen molar-refractivity contribution >= 4 is 34.5 Å². The van der Waals surface area contributed by atoms with Crippen LogP contribution in [0.3, 0.4) is 0 Å². The average molecular weight is 365 g/mol. The summed E-state index contributed by atoms with van der Waals surface area (Å²) in [5, 5.41) is 2.99. The average Bonchev–Trinajstić information content (AvgIpc) is 3.11. The maximum absolute atomic E-state index is 13.0. The zero-order valence-corrected chi connectivity index (χ0v) is 15.7.